The number of halogens is 14. The molecule has 0 aliphatic rings. The molecule has 0 aromatic rings. The van der Waals surface area contributed by atoms with Gasteiger partial charge in [-0.25, -0.2) is 34.8 Å². The summed E-state index contributed by atoms with van der Waals surface area (Å²) in [4.78, 5) is 0. The molecule has 0 amide bonds. The molecule has 0 aliphatic heterocycles. The van der Waals surface area contributed by atoms with Crippen molar-refractivity contribution >= 4 is 10.1 Å². The van der Waals surface area contributed by atoms with Crippen LogP contribution in [-0.2, 0) is 10.1 Å². The molecule has 0 bridgehead atoms. The first-order valence-corrected chi connectivity index (χ1v) is 7.36. The second-order valence-corrected chi connectivity index (χ2v) is 6.23. The zero-order valence-corrected chi connectivity index (χ0v) is 13.6. The summed E-state index contributed by atoms with van der Waals surface area (Å²) >= 11 is 0. The van der Waals surface area contributed by atoms with E-state index in [1.165, 1.54) is 0 Å². The van der Waals surface area contributed by atoms with Crippen LogP contribution in [-0.4, -0.2) is 67.1 Å². The Morgan fingerprint density at radius 2 is 0.964 bits per heavy atom. The molecule has 4 atom stereocenters. The van der Waals surface area contributed by atoms with Gasteiger partial charge in [0.1, 0.15) is 10.1 Å². The summed E-state index contributed by atoms with van der Waals surface area (Å²) in [7, 11) is -7.16. The molecule has 0 spiro atoms. The van der Waals surface area contributed by atoms with E-state index in [9.17, 15) is 74.4 Å². The molecule has 28 heavy (non-hydrogen) atoms. The van der Waals surface area contributed by atoms with Gasteiger partial charge in [-0.1, -0.05) is 0 Å². The minimum absolute atomic E-state index is 0. The smallest absolute Gasteiger partial charge is 0.746 e. The van der Waals surface area contributed by atoms with Crippen molar-refractivity contribution in [3.63, 3.8) is 0 Å². The van der Waals surface area contributed by atoms with Crippen molar-refractivity contribution in [3.05, 3.63) is 0 Å². The van der Waals surface area contributed by atoms with Crippen molar-refractivity contribution in [1.82, 2.24) is 0 Å². The molecule has 0 radical (unpaired) electrons. The Balaban J connectivity index is 0. The average Bonchev–Trinajstić information content (AvgIpc) is 2.49. The number of hydrogen-bond donors (Lipinski definition) is 0. The molecular formula is C9H5F14LiO3S. The third-order valence-corrected chi connectivity index (χ3v) is 3.74. The standard InChI is InChI=1S/C9H6F14O3S.Li/c10-1(2(11)4(13)14)3(12)6(16,17)8(20,21)9(22,23)7(18,19)5(15)27(24,25)26;/h1-5H,(H,24,25,26);/q;+1/p-1. The average molecular weight is 466 g/mol. The van der Waals surface area contributed by atoms with E-state index in [0.29, 0.717) is 0 Å². The molecule has 164 valence electrons. The molecule has 19 heteroatoms. The molecule has 0 N–H and O–H groups in total. The van der Waals surface area contributed by atoms with Crippen LogP contribution in [0, 0.1) is 0 Å². The van der Waals surface area contributed by atoms with Crippen LogP contribution in [0.3, 0.4) is 0 Å². The second-order valence-electron chi connectivity index (χ2n) is 4.83. The fourth-order valence-corrected chi connectivity index (χ4v) is 1.93. The molecule has 0 rings (SSSR count). The molecule has 4 unspecified atom stereocenters. The van der Waals surface area contributed by atoms with Crippen LogP contribution in [0.5, 0.6) is 0 Å². The van der Waals surface area contributed by atoms with E-state index >= 15 is 0 Å². The first-order valence-electron chi connectivity index (χ1n) is 5.88. The molecule has 0 saturated heterocycles. The Morgan fingerprint density at radius 3 is 1.25 bits per heavy atom. The van der Waals surface area contributed by atoms with Crippen molar-refractivity contribution in [1.29, 1.82) is 0 Å². The van der Waals surface area contributed by atoms with E-state index in [0.717, 1.165) is 0 Å². The van der Waals surface area contributed by atoms with Gasteiger partial charge in [-0.3, -0.25) is 0 Å². The third-order valence-electron chi connectivity index (χ3n) is 2.94. The molecule has 0 saturated carbocycles. The molecule has 0 heterocycles. The van der Waals surface area contributed by atoms with Gasteiger partial charge in [0.15, 0.2) is 12.3 Å². The fourth-order valence-electron chi connectivity index (χ4n) is 1.42. The summed E-state index contributed by atoms with van der Waals surface area (Å²) in [6, 6.07) is 0. The molecule has 0 aliphatic carbocycles. The molecular weight excluding hydrogens is 461 g/mol. The largest absolute Gasteiger partial charge is 1.00 e. The van der Waals surface area contributed by atoms with Crippen molar-refractivity contribution in [2.45, 2.75) is 54.1 Å². The molecule has 0 aromatic carbocycles. The van der Waals surface area contributed by atoms with Gasteiger partial charge in [0.05, 0.1) is 0 Å². The van der Waals surface area contributed by atoms with Crippen LogP contribution in [0.1, 0.15) is 0 Å². The van der Waals surface area contributed by atoms with Crippen LogP contribution >= 0.6 is 0 Å². The van der Waals surface area contributed by atoms with E-state index in [4.69, 9.17) is 0 Å². The quantitative estimate of drug-likeness (QED) is 0.285. The predicted molar refractivity (Wildman–Crippen MR) is 55.1 cm³/mol. The minimum atomic E-state index is -7.89. The van der Waals surface area contributed by atoms with Gasteiger partial charge in [0.2, 0.25) is 6.17 Å². The van der Waals surface area contributed by atoms with Gasteiger partial charge in [0, 0.05) is 0 Å². The van der Waals surface area contributed by atoms with Crippen LogP contribution in [0.25, 0.3) is 0 Å². The van der Waals surface area contributed by atoms with Crippen LogP contribution in [0.15, 0.2) is 0 Å². The van der Waals surface area contributed by atoms with E-state index in [1.54, 1.807) is 0 Å². The van der Waals surface area contributed by atoms with Gasteiger partial charge in [0.25, 0.3) is 11.9 Å². The Hall–Kier alpha value is -0.473. The first-order chi connectivity index (χ1) is 11.6. The summed E-state index contributed by atoms with van der Waals surface area (Å²) < 4.78 is 209. The maximum absolute atomic E-state index is 13.1. The minimum Gasteiger partial charge on any atom is -0.746 e. The fraction of sp³-hybridized carbons (Fsp3) is 1.00. The number of rotatable bonds is 9. The zero-order chi connectivity index (χ0) is 22.4. The topological polar surface area (TPSA) is 57.2 Å². The van der Waals surface area contributed by atoms with Crippen molar-refractivity contribution in [3.8, 4) is 0 Å². The van der Waals surface area contributed by atoms with E-state index in [-0.39, 0.29) is 18.9 Å². The van der Waals surface area contributed by atoms with Gasteiger partial charge in [-0.15, -0.1) is 0 Å². The monoisotopic (exact) mass is 466 g/mol. The van der Waals surface area contributed by atoms with E-state index in [2.05, 4.69) is 0 Å². The van der Waals surface area contributed by atoms with Gasteiger partial charge in [-0.2, -0.15) is 35.1 Å². The maximum Gasteiger partial charge on any atom is 1.00 e. The van der Waals surface area contributed by atoms with Crippen molar-refractivity contribution in [2.24, 2.45) is 0 Å². The summed E-state index contributed by atoms with van der Waals surface area (Å²) in [5.41, 5.74) is -5.75. The second kappa shape index (κ2) is 8.72. The van der Waals surface area contributed by atoms with Gasteiger partial charge in [-0.05, 0) is 0 Å². The summed E-state index contributed by atoms with van der Waals surface area (Å²) in [5.74, 6) is -30.6. The Labute approximate surface area is 158 Å². The molecule has 0 aromatic heterocycles. The Kier molecular flexibility index (Phi) is 9.26. The Bertz CT molecular complexity index is 626. The van der Waals surface area contributed by atoms with E-state index < -0.39 is 64.3 Å². The van der Waals surface area contributed by atoms with Gasteiger partial charge >= 0.3 is 42.6 Å². The van der Waals surface area contributed by atoms with E-state index in [1.807, 2.05) is 0 Å². The SMILES string of the molecule is O=S(=O)([O-])C(F)C(F)(F)C(F)(F)C(F)(F)C(F)(F)C(F)C(F)C(F)C(F)F.[Li+]. The van der Waals surface area contributed by atoms with Crippen molar-refractivity contribution in [2.75, 3.05) is 0 Å². The van der Waals surface area contributed by atoms with Gasteiger partial charge < -0.3 is 4.55 Å². The maximum atomic E-state index is 13.1. The number of hydrogen-bond acceptors (Lipinski definition) is 3. The molecule has 0 fully saturated rings. The number of alkyl halides is 14. The Morgan fingerprint density at radius 1 is 0.643 bits per heavy atom. The van der Waals surface area contributed by atoms with Crippen molar-refractivity contribution < 1.29 is 93.3 Å². The summed E-state index contributed by atoms with van der Waals surface area (Å²) in [5, 5.41) is 0. The predicted octanol–water partition coefficient (Wildman–Crippen LogP) is 0.652. The van der Waals surface area contributed by atoms with Crippen LogP contribution in [0.4, 0.5) is 61.5 Å². The summed E-state index contributed by atoms with van der Waals surface area (Å²) in [6.45, 7) is 0. The first kappa shape index (κ1) is 29.7. The zero-order valence-electron chi connectivity index (χ0n) is 12.8. The molecule has 3 nitrogen and oxygen atoms in total. The summed E-state index contributed by atoms with van der Waals surface area (Å²) in [6.07, 6.45) is -19.8. The van der Waals surface area contributed by atoms with Crippen LogP contribution in [0.2, 0.25) is 0 Å². The van der Waals surface area contributed by atoms with Crippen LogP contribution < -0.4 is 18.9 Å². The normalized spacial score (nSPS) is 19.0. The third kappa shape index (κ3) is 4.81.